The third kappa shape index (κ3) is 4.27. The van der Waals surface area contributed by atoms with Crippen molar-refractivity contribution < 1.29 is 4.79 Å². The fourth-order valence-electron chi connectivity index (χ4n) is 5.56. The van der Waals surface area contributed by atoms with Crippen LogP contribution < -0.4 is 16.1 Å². The number of benzene rings is 2. The topological polar surface area (TPSA) is 67.6 Å². The van der Waals surface area contributed by atoms with Gasteiger partial charge in [0.2, 0.25) is 5.91 Å². The summed E-state index contributed by atoms with van der Waals surface area (Å²) in [7, 11) is 1.72. The molecule has 0 N–H and O–H groups in total. The Hall–Kier alpha value is -3.35. The molecule has 0 radical (unpaired) electrons. The van der Waals surface area contributed by atoms with Gasteiger partial charge in [0.15, 0.2) is 0 Å². The molecule has 1 aliphatic carbocycles. The quantitative estimate of drug-likeness (QED) is 0.601. The Balaban J connectivity index is 1.19. The number of hydrogen-bond acceptors (Lipinski definition) is 4. The fraction of sp³-hybridized carbons (Fsp3) is 0.444. The van der Waals surface area contributed by atoms with E-state index in [2.05, 4.69) is 17.0 Å². The highest BCUT2D eigenvalue weighted by Crippen LogP contribution is 2.31. The molecule has 2 aliphatic rings. The van der Waals surface area contributed by atoms with Crippen molar-refractivity contribution >= 4 is 22.5 Å². The van der Waals surface area contributed by atoms with E-state index in [0.717, 1.165) is 51.9 Å². The SMILES string of the molecule is Cn1c(=O)n(CC2CCC(C(=O)N3CCN(c4ccccc4)CC3)CC2)c(=O)c2ccccc21. The van der Waals surface area contributed by atoms with Crippen LogP contribution >= 0.6 is 0 Å². The number of aromatic nitrogens is 2. The van der Waals surface area contributed by atoms with Crippen molar-refractivity contribution in [3.05, 3.63) is 75.4 Å². The predicted molar refractivity (Wildman–Crippen MR) is 134 cm³/mol. The van der Waals surface area contributed by atoms with Crippen molar-refractivity contribution in [3.63, 3.8) is 0 Å². The highest BCUT2D eigenvalue weighted by molar-refractivity contribution is 5.79. The van der Waals surface area contributed by atoms with Gasteiger partial charge in [0.1, 0.15) is 0 Å². The molecule has 2 fully saturated rings. The third-order valence-electron chi connectivity index (χ3n) is 7.61. The van der Waals surface area contributed by atoms with Crippen LogP contribution in [-0.2, 0) is 18.4 Å². The molecule has 0 unspecified atom stereocenters. The van der Waals surface area contributed by atoms with E-state index in [1.807, 2.05) is 35.2 Å². The Labute approximate surface area is 199 Å². The number of para-hydroxylation sites is 2. The van der Waals surface area contributed by atoms with Crippen LogP contribution in [0, 0.1) is 11.8 Å². The largest absolute Gasteiger partial charge is 0.368 e. The van der Waals surface area contributed by atoms with Crippen molar-refractivity contribution in [1.29, 1.82) is 0 Å². The highest BCUT2D eigenvalue weighted by atomic mass is 16.2. The Bertz CT molecular complexity index is 1280. The number of anilines is 1. The molecule has 0 bridgehead atoms. The zero-order chi connectivity index (χ0) is 23.7. The minimum absolute atomic E-state index is 0.0516. The van der Waals surface area contributed by atoms with Gasteiger partial charge in [0, 0.05) is 51.4 Å². The maximum Gasteiger partial charge on any atom is 0.331 e. The molecule has 1 aliphatic heterocycles. The lowest BCUT2D eigenvalue weighted by Crippen LogP contribution is -2.50. The number of nitrogens with zero attached hydrogens (tertiary/aromatic N) is 4. The standard InChI is InChI=1S/C27H32N4O3/c1-28-24-10-6-5-9-23(24)26(33)31(27(28)34)19-20-11-13-21(14-12-20)25(32)30-17-15-29(16-18-30)22-7-3-2-4-8-22/h2-10,20-21H,11-19H2,1H3. The lowest BCUT2D eigenvalue weighted by molar-refractivity contribution is -0.137. The van der Waals surface area contributed by atoms with Gasteiger partial charge in [-0.15, -0.1) is 0 Å². The molecular weight excluding hydrogens is 428 g/mol. The number of fused-ring (bicyclic) bond motifs is 1. The van der Waals surface area contributed by atoms with Crippen LogP contribution in [0.3, 0.4) is 0 Å². The van der Waals surface area contributed by atoms with Gasteiger partial charge in [0.25, 0.3) is 5.56 Å². The first kappa shape index (κ1) is 22.4. The normalized spacial score (nSPS) is 21.1. The van der Waals surface area contributed by atoms with E-state index in [1.165, 1.54) is 10.3 Å². The van der Waals surface area contributed by atoms with Crippen LogP contribution in [0.5, 0.6) is 0 Å². The summed E-state index contributed by atoms with van der Waals surface area (Å²) >= 11 is 0. The molecule has 1 aromatic heterocycles. The number of amides is 1. The predicted octanol–water partition coefficient (Wildman–Crippen LogP) is 2.86. The van der Waals surface area contributed by atoms with Gasteiger partial charge < -0.3 is 9.80 Å². The van der Waals surface area contributed by atoms with Gasteiger partial charge >= 0.3 is 5.69 Å². The molecule has 178 valence electrons. The Morgan fingerprint density at radius 1 is 0.853 bits per heavy atom. The van der Waals surface area contributed by atoms with Crippen LogP contribution in [0.15, 0.2) is 64.2 Å². The lowest BCUT2D eigenvalue weighted by atomic mass is 9.81. The van der Waals surface area contributed by atoms with Crippen LogP contribution in [0.2, 0.25) is 0 Å². The van der Waals surface area contributed by atoms with E-state index in [1.54, 1.807) is 23.7 Å². The maximum absolute atomic E-state index is 13.2. The van der Waals surface area contributed by atoms with E-state index in [-0.39, 0.29) is 29.0 Å². The van der Waals surface area contributed by atoms with Gasteiger partial charge in [-0.3, -0.25) is 18.7 Å². The van der Waals surface area contributed by atoms with Crippen LogP contribution in [0.1, 0.15) is 25.7 Å². The van der Waals surface area contributed by atoms with Crippen molar-refractivity contribution in [2.75, 3.05) is 31.1 Å². The first-order valence-corrected chi connectivity index (χ1v) is 12.3. The molecule has 1 saturated heterocycles. The number of rotatable bonds is 4. The van der Waals surface area contributed by atoms with Crippen molar-refractivity contribution in [2.24, 2.45) is 18.9 Å². The average molecular weight is 461 g/mol. The highest BCUT2D eigenvalue weighted by Gasteiger charge is 2.31. The molecule has 1 amide bonds. The van der Waals surface area contributed by atoms with E-state index in [4.69, 9.17) is 0 Å². The average Bonchev–Trinajstić information content (AvgIpc) is 2.90. The molecule has 5 rings (SSSR count). The van der Waals surface area contributed by atoms with Crippen LogP contribution in [0.4, 0.5) is 5.69 Å². The second-order valence-electron chi connectivity index (χ2n) is 9.64. The maximum atomic E-state index is 13.2. The molecule has 1 saturated carbocycles. The van der Waals surface area contributed by atoms with Gasteiger partial charge in [-0.1, -0.05) is 30.3 Å². The fourth-order valence-corrected chi connectivity index (χ4v) is 5.56. The molecule has 0 spiro atoms. The Kier molecular flexibility index (Phi) is 6.26. The summed E-state index contributed by atoms with van der Waals surface area (Å²) in [6.45, 7) is 3.66. The van der Waals surface area contributed by atoms with Gasteiger partial charge in [0.05, 0.1) is 10.9 Å². The molecule has 7 heteroatoms. The molecule has 0 atom stereocenters. The number of aryl methyl sites for hydroxylation is 1. The summed E-state index contributed by atoms with van der Waals surface area (Å²) in [5.74, 6) is 0.561. The van der Waals surface area contributed by atoms with E-state index in [0.29, 0.717) is 17.4 Å². The molecule has 3 aromatic rings. The van der Waals surface area contributed by atoms with Gasteiger partial charge in [-0.05, 0) is 55.9 Å². The van der Waals surface area contributed by atoms with E-state index >= 15 is 0 Å². The lowest BCUT2D eigenvalue weighted by Gasteiger charge is -2.38. The summed E-state index contributed by atoms with van der Waals surface area (Å²) in [5.41, 5.74) is 1.40. The summed E-state index contributed by atoms with van der Waals surface area (Å²) in [5, 5.41) is 0.572. The first-order chi connectivity index (χ1) is 16.5. The third-order valence-corrected chi connectivity index (χ3v) is 7.61. The van der Waals surface area contributed by atoms with Gasteiger partial charge in [-0.2, -0.15) is 0 Å². The second-order valence-corrected chi connectivity index (χ2v) is 9.64. The Morgan fingerprint density at radius 3 is 2.21 bits per heavy atom. The molecule has 2 heterocycles. The van der Waals surface area contributed by atoms with E-state index < -0.39 is 0 Å². The monoisotopic (exact) mass is 460 g/mol. The minimum Gasteiger partial charge on any atom is -0.368 e. The van der Waals surface area contributed by atoms with Gasteiger partial charge in [-0.25, -0.2) is 4.79 Å². The molecule has 2 aromatic carbocycles. The number of piperazine rings is 1. The summed E-state index contributed by atoms with van der Waals surface area (Å²) in [4.78, 5) is 43.3. The number of carbonyl (C=O) groups excluding carboxylic acids is 1. The smallest absolute Gasteiger partial charge is 0.331 e. The zero-order valence-electron chi connectivity index (χ0n) is 19.7. The summed E-state index contributed by atoms with van der Waals surface area (Å²) < 4.78 is 2.94. The number of carbonyl (C=O) groups is 1. The van der Waals surface area contributed by atoms with Crippen LogP contribution in [0.25, 0.3) is 10.9 Å². The first-order valence-electron chi connectivity index (χ1n) is 12.3. The summed E-state index contributed by atoms with van der Waals surface area (Å²) in [6.07, 6.45) is 3.38. The van der Waals surface area contributed by atoms with E-state index in [9.17, 15) is 14.4 Å². The van der Waals surface area contributed by atoms with Crippen molar-refractivity contribution in [2.45, 2.75) is 32.2 Å². The zero-order valence-corrected chi connectivity index (χ0v) is 19.7. The molecular formula is C27H32N4O3. The molecule has 34 heavy (non-hydrogen) atoms. The van der Waals surface area contributed by atoms with Crippen LogP contribution in [-0.4, -0.2) is 46.1 Å². The number of hydrogen-bond donors (Lipinski definition) is 0. The van der Waals surface area contributed by atoms with Crippen molar-refractivity contribution in [3.8, 4) is 0 Å². The van der Waals surface area contributed by atoms with Crippen molar-refractivity contribution in [1.82, 2.24) is 14.0 Å². The molecule has 7 nitrogen and oxygen atoms in total. The second kappa shape index (κ2) is 9.49. The minimum atomic E-state index is -0.266. The Morgan fingerprint density at radius 2 is 1.50 bits per heavy atom. The summed E-state index contributed by atoms with van der Waals surface area (Å²) in [6, 6.07) is 17.6.